The molecule has 100 valence electrons. The first-order valence-electron chi connectivity index (χ1n) is 5.45. The number of hydrogen-bond donors (Lipinski definition) is 1. The lowest BCUT2D eigenvalue weighted by molar-refractivity contribution is 0.600. The standard InChI is InChI=1S/C13H11BrClNO2S/c14-11-2-1-3-13(8-11)16-19(17,18)9-10-4-6-12(15)7-5-10/h1-8,16H,9H2. The van der Waals surface area contributed by atoms with Gasteiger partial charge in [0.05, 0.1) is 5.75 Å². The van der Waals surface area contributed by atoms with E-state index in [9.17, 15) is 8.42 Å². The zero-order valence-electron chi connectivity index (χ0n) is 9.81. The molecule has 0 bridgehead atoms. The van der Waals surface area contributed by atoms with Gasteiger partial charge in [-0.1, -0.05) is 45.7 Å². The van der Waals surface area contributed by atoms with E-state index in [1.807, 2.05) is 6.07 Å². The Morgan fingerprint density at radius 3 is 2.42 bits per heavy atom. The van der Waals surface area contributed by atoms with Crippen LogP contribution in [0.5, 0.6) is 0 Å². The molecule has 2 aromatic carbocycles. The van der Waals surface area contributed by atoms with Crippen LogP contribution in [0.4, 0.5) is 5.69 Å². The largest absolute Gasteiger partial charge is 0.283 e. The molecule has 1 N–H and O–H groups in total. The van der Waals surface area contributed by atoms with E-state index < -0.39 is 10.0 Å². The molecule has 0 amide bonds. The lowest BCUT2D eigenvalue weighted by atomic mass is 10.2. The van der Waals surface area contributed by atoms with E-state index in [-0.39, 0.29) is 5.75 Å². The highest BCUT2D eigenvalue weighted by molar-refractivity contribution is 9.10. The van der Waals surface area contributed by atoms with Crippen molar-refractivity contribution in [2.45, 2.75) is 5.75 Å². The maximum absolute atomic E-state index is 12.0. The van der Waals surface area contributed by atoms with Gasteiger partial charge in [0.2, 0.25) is 10.0 Å². The molecule has 0 aromatic heterocycles. The average molecular weight is 361 g/mol. The number of hydrogen-bond acceptors (Lipinski definition) is 2. The van der Waals surface area contributed by atoms with E-state index in [0.717, 1.165) is 4.47 Å². The summed E-state index contributed by atoms with van der Waals surface area (Å²) in [4.78, 5) is 0. The highest BCUT2D eigenvalue weighted by atomic mass is 79.9. The lowest BCUT2D eigenvalue weighted by Gasteiger charge is -2.08. The summed E-state index contributed by atoms with van der Waals surface area (Å²) in [6.07, 6.45) is 0. The molecular weight excluding hydrogens is 350 g/mol. The number of sulfonamides is 1. The Kier molecular flexibility index (Phi) is 4.50. The summed E-state index contributed by atoms with van der Waals surface area (Å²) in [6.45, 7) is 0. The zero-order chi connectivity index (χ0) is 13.9. The van der Waals surface area contributed by atoms with Crippen LogP contribution in [0.3, 0.4) is 0 Å². The van der Waals surface area contributed by atoms with Crippen LogP contribution in [0.25, 0.3) is 0 Å². The van der Waals surface area contributed by atoms with Crippen LogP contribution in [0.1, 0.15) is 5.56 Å². The summed E-state index contributed by atoms with van der Waals surface area (Å²) in [7, 11) is -3.43. The zero-order valence-corrected chi connectivity index (χ0v) is 13.0. The molecule has 2 rings (SSSR count). The number of nitrogens with one attached hydrogen (secondary N) is 1. The molecule has 0 aliphatic heterocycles. The molecule has 0 aliphatic carbocycles. The Hall–Kier alpha value is -1.04. The fourth-order valence-electron chi connectivity index (χ4n) is 1.57. The molecule has 0 atom stereocenters. The third kappa shape index (κ3) is 4.53. The Bertz CT molecular complexity index is 671. The van der Waals surface area contributed by atoms with Gasteiger partial charge in [-0.25, -0.2) is 8.42 Å². The average Bonchev–Trinajstić information content (AvgIpc) is 2.31. The van der Waals surface area contributed by atoms with E-state index in [1.165, 1.54) is 0 Å². The topological polar surface area (TPSA) is 46.2 Å². The predicted octanol–water partition coefficient (Wildman–Crippen LogP) is 4.04. The van der Waals surface area contributed by atoms with Gasteiger partial charge in [-0.05, 0) is 35.9 Å². The van der Waals surface area contributed by atoms with Crippen molar-refractivity contribution in [2.75, 3.05) is 4.72 Å². The van der Waals surface area contributed by atoms with Crippen molar-refractivity contribution in [2.24, 2.45) is 0 Å². The van der Waals surface area contributed by atoms with E-state index in [1.54, 1.807) is 42.5 Å². The minimum atomic E-state index is -3.43. The van der Waals surface area contributed by atoms with Gasteiger partial charge in [-0.2, -0.15) is 0 Å². The van der Waals surface area contributed by atoms with Crippen LogP contribution in [-0.4, -0.2) is 8.42 Å². The first kappa shape index (κ1) is 14.4. The molecule has 0 fully saturated rings. The van der Waals surface area contributed by atoms with E-state index in [0.29, 0.717) is 16.3 Å². The Morgan fingerprint density at radius 1 is 1.11 bits per heavy atom. The fraction of sp³-hybridized carbons (Fsp3) is 0.0769. The summed E-state index contributed by atoms with van der Waals surface area (Å²) < 4.78 is 27.4. The Balaban J connectivity index is 2.13. The number of halogens is 2. The van der Waals surface area contributed by atoms with Crippen LogP contribution in [0.15, 0.2) is 53.0 Å². The predicted molar refractivity (Wildman–Crippen MR) is 81.8 cm³/mol. The van der Waals surface area contributed by atoms with Crippen LogP contribution < -0.4 is 4.72 Å². The molecule has 0 unspecified atom stereocenters. The third-order valence-corrected chi connectivity index (χ3v) is 4.37. The van der Waals surface area contributed by atoms with Crippen molar-refractivity contribution in [1.82, 2.24) is 0 Å². The van der Waals surface area contributed by atoms with E-state index in [2.05, 4.69) is 20.7 Å². The molecule has 0 heterocycles. The molecule has 3 nitrogen and oxygen atoms in total. The van der Waals surface area contributed by atoms with Crippen LogP contribution >= 0.6 is 27.5 Å². The molecule has 0 spiro atoms. The van der Waals surface area contributed by atoms with Crippen molar-refractivity contribution in [3.05, 3.63) is 63.6 Å². The van der Waals surface area contributed by atoms with Gasteiger partial charge in [0.25, 0.3) is 0 Å². The van der Waals surface area contributed by atoms with Gasteiger partial charge < -0.3 is 0 Å². The van der Waals surface area contributed by atoms with Crippen molar-refractivity contribution in [3.63, 3.8) is 0 Å². The number of anilines is 1. The molecular formula is C13H11BrClNO2S. The minimum absolute atomic E-state index is 0.0866. The van der Waals surface area contributed by atoms with Crippen molar-refractivity contribution >= 4 is 43.2 Å². The molecule has 0 radical (unpaired) electrons. The molecule has 0 saturated heterocycles. The minimum Gasteiger partial charge on any atom is -0.283 e. The molecule has 6 heteroatoms. The Morgan fingerprint density at radius 2 is 1.79 bits per heavy atom. The van der Waals surface area contributed by atoms with Gasteiger partial charge in [-0.15, -0.1) is 0 Å². The Labute approximate surface area is 125 Å². The van der Waals surface area contributed by atoms with Crippen molar-refractivity contribution < 1.29 is 8.42 Å². The maximum atomic E-state index is 12.0. The summed E-state index contributed by atoms with van der Waals surface area (Å²) in [6, 6.07) is 13.7. The summed E-state index contributed by atoms with van der Waals surface area (Å²) in [5, 5.41) is 0.584. The van der Waals surface area contributed by atoms with Crippen molar-refractivity contribution in [1.29, 1.82) is 0 Å². The van der Waals surface area contributed by atoms with Crippen LogP contribution in [0, 0.1) is 0 Å². The molecule has 0 aliphatic rings. The SMILES string of the molecule is O=S(=O)(Cc1ccc(Cl)cc1)Nc1cccc(Br)c1. The second-order valence-corrected chi connectivity index (χ2v) is 7.07. The summed E-state index contributed by atoms with van der Waals surface area (Å²) in [5.74, 6) is -0.0866. The summed E-state index contributed by atoms with van der Waals surface area (Å²) >= 11 is 9.05. The van der Waals surface area contributed by atoms with Gasteiger partial charge in [-0.3, -0.25) is 4.72 Å². The molecule has 19 heavy (non-hydrogen) atoms. The van der Waals surface area contributed by atoms with Crippen LogP contribution in [0.2, 0.25) is 5.02 Å². The lowest BCUT2D eigenvalue weighted by Crippen LogP contribution is -2.14. The molecule has 0 saturated carbocycles. The van der Waals surface area contributed by atoms with Gasteiger partial charge >= 0.3 is 0 Å². The smallest absolute Gasteiger partial charge is 0.236 e. The normalized spacial score (nSPS) is 11.3. The number of benzene rings is 2. The first-order chi connectivity index (χ1) is 8.94. The quantitative estimate of drug-likeness (QED) is 0.894. The van der Waals surface area contributed by atoms with Crippen LogP contribution in [-0.2, 0) is 15.8 Å². The third-order valence-electron chi connectivity index (χ3n) is 2.37. The van der Waals surface area contributed by atoms with Gasteiger partial charge in [0.15, 0.2) is 0 Å². The first-order valence-corrected chi connectivity index (χ1v) is 8.27. The maximum Gasteiger partial charge on any atom is 0.236 e. The monoisotopic (exact) mass is 359 g/mol. The van der Waals surface area contributed by atoms with E-state index >= 15 is 0 Å². The second-order valence-electron chi connectivity index (χ2n) is 4.00. The van der Waals surface area contributed by atoms with Gasteiger partial charge in [0, 0.05) is 15.2 Å². The number of rotatable bonds is 4. The fourth-order valence-corrected chi connectivity index (χ4v) is 3.28. The van der Waals surface area contributed by atoms with E-state index in [4.69, 9.17) is 11.6 Å². The summed E-state index contributed by atoms with van der Waals surface area (Å²) in [5.41, 5.74) is 1.22. The van der Waals surface area contributed by atoms with Gasteiger partial charge in [0.1, 0.15) is 0 Å². The highest BCUT2D eigenvalue weighted by Gasteiger charge is 2.11. The van der Waals surface area contributed by atoms with Crippen molar-refractivity contribution in [3.8, 4) is 0 Å². The molecule has 2 aromatic rings. The highest BCUT2D eigenvalue weighted by Crippen LogP contribution is 2.18. The second kappa shape index (κ2) is 5.94.